The first-order valence-corrected chi connectivity index (χ1v) is 47.7. The molecule has 6 aromatic rings. The van der Waals surface area contributed by atoms with E-state index in [2.05, 4.69) is 27.7 Å². The van der Waals surface area contributed by atoms with Gasteiger partial charge in [-0.2, -0.15) is 0 Å². The van der Waals surface area contributed by atoms with Gasteiger partial charge >= 0.3 is 0 Å². The van der Waals surface area contributed by atoms with Crippen molar-refractivity contribution < 1.29 is 146 Å². The summed E-state index contributed by atoms with van der Waals surface area (Å²) in [6.45, 7) is 5.91. The monoisotopic (exact) mass is 1960 g/mol. The number of rotatable bonds is 24. The Hall–Kier alpha value is -7.56. The van der Waals surface area contributed by atoms with Crippen molar-refractivity contribution in [1.29, 1.82) is 0 Å². The molecular weight excluding hydrogens is 1740 g/mol. The lowest BCUT2D eigenvalue weighted by molar-refractivity contribution is -0.0192. The molecule has 12 aliphatic rings. The Labute approximate surface area is 887 Å². The Kier molecular flexibility index (Phi) is 22.6. The van der Waals surface area contributed by atoms with Crippen molar-refractivity contribution in [1.82, 2.24) is 29.4 Å². The van der Waals surface area contributed by atoms with Gasteiger partial charge in [0.1, 0.15) is 0 Å². The van der Waals surface area contributed by atoms with Gasteiger partial charge in [0.15, 0.2) is 69.0 Å². The molecule has 24 nitrogen and oxygen atoms in total. The van der Waals surface area contributed by atoms with E-state index >= 15 is 0 Å². The van der Waals surface area contributed by atoms with E-state index in [0.717, 1.165) is 62.6 Å². The fourth-order valence-corrected chi connectivity index (χ4v) is 20.5. The molecule has 6 saturated heterocycles. The van der Waals surface area contributed by atoms with Crippen molar-refractivity contribution in [2.24, 2.45) is 70.9 Å². The number of piperidine rings is 6. The van der Waals surface area contributed by atoms with Gasteiger partial charge in [0.25, 0.3) is 0 Å². The average molecular weight is 1960 g/mol. The van der Waals surface area contributed by atoms with Crippen LogP contribution in [0.5, 0.6) is 69.0 Å². The average Bonchev–Trinajstić information content (AvgIpc) is 0.665. The van der Waals surface area contributed by atoms with Gasteiger partial charge < -0.3 is 87.5 Å². The molecule has 20 unspecified atom stereocenters. The van der Waals surface area contributed by atoms with Crippen molar-refractivity contribution in [2.45, 2.75) is 271 Å². The molecule has 0 spiro atoms. The number of nitrogens with zero attached hydrogens (tertiary/aromatic N) is 6. The smallest absolute Gasteiger partial charge is 0.161 e. The molecule has 18 rings (SSSR count). The number of ether oxygens (including phenoxy) is 12. The van der Waals surface area contributed by atoms with E-state index in [9.17, 15) is 34.8 Å². The Bertz CT molecular complexity index is 7030. The zero-order chi connectivity index (χ0) is 137. The Morgan fingerprint density at radius 2 is 0.565 bits per heavy atom. The molecule has 6 aromatic carbocycles. The number of methoxy groups -OCH3 is 12. The van der Waals surface area contributed by atoms with Crippen molar-refractivity contribution >= 4 is 0 Å². The lowest BCUT2D eigenvalue weighted by Gasteiger charge is -2.46. The molecule has 0 aliphatic carbocycles. The van der Waals surface area contributed by atoms with Crippen LogP contribution in [0.25, 0.3) is 0 Å². The third kappa shape index (κ3) is 25.4. The highest BCUT2D eigenvalue weighted by molar-refractivity contribution is 5.55. The number of fused-ring (bicyclic) bond motifs is 18. The van der Waals surface area contributed by atoms with Gasteiger partial charge in [-0.1, -0.05) is 82.9 Å². The van der Waals surface area contributed by atoms with Crippen LogP contribution in [0, 0.1) is 70.9 Å². The normalized spacial score (nSPS) is 40.6. The second kappa shape index (κ2) is 49.1. The summed E-state index contributed by atoms with van der Waals surface area (Å²) in [5.74, 6) is -11.8. The molecule has 0 aromatic heterocycles. The molecule has 768 valence electrons. The van der Waals surface area contributed by atoms with Crippen LogP contribution < -0.4 is 56.8 Å². The summed E-state index contributed by atoms with van der Waals surface area (Å²) in [5.41, 5.74) is 7.05. The first kappa shape index (κ1) is 63.6. The lowest BCUT2D eigenvalue weighted by Crippen LogP contribution is -2.48. The predicted molar refractivity (Wildman–Crippen MR) is 547 cm³/mol. The zero-order valence-electron chi connectivity index (χ0n) is 126. The molecular formula is C114H174N6O18. The summed E-state index contributed by atoms with van der Waals surface area (Å²) >= 11 is 0. The topological polar surface area (TPSA) is 252 Å². The number of hydrogen-bond acceptors (Lipinski definition) is 24. The summed E-state index contributed by atoms with van der Waals surface area (Å²) < 4.78 is 419. The van der Waals surface area contributed by atoms with Crippen molar-refractivity contribution in [2.75, 3.05) is 163 Å². The van der Waals surface area contributed by atoms with Crippen molar-refractivity contribution in [3.8, 4) is 69.0 Å². The second-order valence-electron chi connectivity index (χ2n) is 38.4. The Morgan fingerprint density at radius 3 is 0.848 bits per heavy atom. The van der Waals surface area contributed by atoms with Crippen LogP contribution >= 0.6 is 0 Å². The van der Waals surface area contributed by atoms with Crippen LogP contribution in [0.3, 0.4) is 0 Å². The molecule has 12 aliphatic heterocycles. The van der Waals surface area contributed by atoms with Crippen LogP contribution in [0.4, 0.5) is 0 Å². The highest BCUT2D eigenvalue weighted by Gasteiger charge is 2.47. The quantitative estimate of drug-likeness (QED) is 0.0329. The van der Waals surface area contributed by atoms with E-state index in [1.165, 1.54) is 71.8 Å². The molecule has 24 heteroatoms. The van der Waals surface area contributed by atoms with Gasteiger partial charge in [-0.25, -0.2) is 0 Å². The highest BCUT2D eigenvalue weighted by atomic mass is 16.5. The van der Waals surface area contributed by atoms with Gasteiger partial charge in [0.05, 0.1) is 144 Å². The molecule has 0 amide bonds. The summed E-state index contributed by atoms with van der Waals surface area (Å²) in [7, 11) is 4.79. The summed E-state index contributed by atoms with van der Waals surface area (Å²) in [4.78, 5) is 9.22. The second-order valence-corrected chi connectivity index (χ2v) is 38.4. The largest absolute Gasteiger partial charge is 0.493 e. The lowest BCUT2D eigenvalue weighted by atomic mass is 9.79. The number of aliphatic hydroxyl groups is 6. The highest BCUT2D eigenvalue weighted by Crippen LogP contribution is 2.52. The molecule has 6 N–H and O–H groups in total. The van der Waals surface area contributed by atoms with E-state index in [4.69, 9.17) is 112 Å². The number of aliphatic hydroxyl groups excluding tert-OH is 3. The van der Waals surface area contributed by atoms with Crippen molar-refractivity contribution in [3.05, 3.63) is 140 Å². The minimum atomic E-state index is -3.76. The maximum Gasteiger partial charge on any atom is 0.161 e. The fourth-order valence-electron chi connectivity index (χ4n) is 20.5. The minimum Gasteiger partial charge on any atom is -0.493 e. The summed E-state index contributed by atoms with van der Waals surface area (Å²) in [6, 6.07) is 9.49. The molecule has 12 heterocycles. The van der Waals surface area contributed by atoms with Crippen LogP contribution in [0.1, 0.15) is 322 Å². The molecule has 0 saturated carbocycles. The molecule has 20 atom stereocenters. The maximum atomic E-state index is 11.3. The van der Waals surface area contributed by atoms with Gasteiger partial charge in [0, 0.05) is 152 Å². The maximum absolute atomic E-state index is 11.3. The Morgan fingerprint density at radius 1 is 0.326 bits per heavy atom. The fraction of sp³-hybridized carbons (Fsp3) is 0.684. The van der Waals surface area contributed by atoms with E-state index in [-0.39, 0.29) is 139 Å². The van der Waals surface area contributed by atoms with Gasteiger partial charge in [0.2, 0.25) is 0 Å². The van der Waals surface area contributed by atoms with Crippen LogP contribution in [0.2, 0.25) is 0 Å². The van der Waals surface area contributed by atoms with E-state index in [1.54, 1.807) is 39.5 Å². The summed E-state index contributed by atoms with van der Waals surface area (Å²) in [5, 5.41) is 65.8. The van der Waals surface area contributed by atoms with E-state index in [0.29, 0.717) is 147 Å². The SMILES string of the molecule is [2H]C([2H])([2H])C([2H])(C)C([2H])([2H])C1([2H])CN2CCc3cc(OC)c(OC)cc3C2([2H])C([2H])([2H])C1([2H])O.[2H]C([2H])([2H])Oc1cc2c(cc1OC)CCN1C2CC(O)C(CC(C)C)C1([2H])[2H].[2H]C([2H])([2H])Oc1cc2c(cc1OC)CCN1CC([2H])(C([2H])([2H])C([2H])(C)C([2H])([2H])[2H])C([2H])(O)C([2H])([2H])C21[2H].[2H]C([2H])([2H])Oc1cc2c(cc1OC)CCN1CC([2H])(CC(C)C)C([2H])(O)C([2H])([2H])C21[2H].[2H]C1([2H])C(CC(C)C)C(O)CC2c3cc(OC)c(OC)cc3CCN21.[2H]c1c(OC)c(OC)cc2c1C1CC(O)C(CC(C)C)C([2H])([2H])N1CC2. The van der Waals surface area contributed by atoms with Crippen LogP contribution in [-0.4, -0.2) is 260 Å². The van der Waals surface area contributed by atoms with Gasteiger partial charge in [-0.3, -0.25) is 29.4 Å². The Balaban J connectivity index is 0.000000177. The number of hydrogen-bond donors (Lipinski definition) is 6. The summed E-state index contributed by atoms with van der Waals surface area (Å²) in [6.07, 6.45) is -22.7. The van der Waals surface area contributed by atoms with E-state index in [1.807, 2.05) is 60.6 Å². The third-order valence-electron chi connectivity index (χ3n) is 27.0. The predicted octanol–water partition coefficient (Wildman–Crippen LogP) is 18.2. The molecule has 0 radical (unpaired) electrons. The van der Waals surface area contributed by atoms with Crippen LogP contribution in [0.15, 0.2) is 72.8 Å². The zero-order valence-corrected chi connectivity index (χ0v) is 83.2. The third-order valence-corrected chi connectivity index (χ3v) is 27.0. The van der Waals surface area contributed by atoms with Crippen LogP contribution in [-0.2, 0) is 38.5 Å². The van der Waals surface area contributed by atoms with Gasteiger partial charge in [-0.15, -0.1) is 0 Å². The molecule has 6 fully saturated rings. The molecule has 138 heavy (non-hydrogen) atoms. The first-order valence-electron chi connectivity index (χ1n) is 69.2. The van der Waals surface area contributed by atoms with Gasteiger partial charge in [-0.05, 0) is 326 Å². The first-order chi connectivity index (χ1) is 82.5. The standard InChI is InChI=1S/6C19H29NO3/c6*1-12(2)7-14-11-20-6-5-13-8-18(22-3)19(23-4)9-15(13)16(20)10-17(14)21/h6*8-9,12,14,16-17,21H,5-7,10-11H2,1-4H3/i1D3,4D3,7D2,10D2,12D,14D,16D,17D;1D3,7D2,10D2,12D,14D,16D,17D;4D3,10D2,14D,16D,17D;9D,11D2;4D3,11D2;11D2. The molecule has 0 bridgehead atoms. The van der Waals surface area contributed by atoms with Crippen molar-refractivity contribution in [3.63, 3.8) is 0 Å². The van der Waals surface area contributed by atoms with E-state index < -0.39 is 195 Å². The number of benzene rings is 6. The minimum absolute atomic E-state index is 0.0155.